The van der Waals surface area contributed by atoms with Gasteiger partial charge >= 0.3 is 6.18 Å². The molecule has 0 heterocycles. The lowest BCUT2D eigenvalue weighted by Crippen LogP contribution is -2.47. The normalized spacial score (nSPS) is 13.7. The Labute approximate surface area is 174 Å². The molecule has 152 valence electrons. The fourth-order valence-corrected chi connectivity index (χ4v) is 2.95. The lowest BCUT2D eigenvalue weighted by atomic mass is 9.92. The summed E-state index contributed by atoms with van der Waals surface area (Å²) in [6.45, 7) is 0.795. The molecule has 0 saturated carbocycles. The molecule has 0 fully saturated rings. The first kappa shape index (κ1) is 22.6. The van der Waals surface area contributed by atoms with Gasteiger partial charge in [-0.05, 0) is 35.4 Å². The van der Waals surface area contributed by atoms with E-state index in [2.05, 4.69) is 10.6 Å². The molecule has 1 atom stereocenters. The van der Waals surface area contributed by atoms with Gasteiger partial charge in [-0.2, -0.15) is 13.2 Å². The molecular formula is C18H16Cl3F3N2O2. The minimum absolute atomic E-state index is 0.0978. The minimum atomic E-state index is -5.01. The van der Waals surface area contributed by atoms with Crippen molar-refractivity contribution < 1.29 is 23.1 Å². The smallest absolute Gasteiger partial charge is 0.381 e. The molecular weight excluding hydrogens is 440 g/mol. The second kappa shape index (κ2) is 8.78. The van der Waals surface area contributed by atoms with Crippen LogP contribution in [0.5, 0.6) is 0 Å². The molecule has 0 aromatic heterocycles. The molecule has 28 heavy (non-hydrogen) atoms. The first-order valence-electron chi connectivity index (χ1n) is 7.95. The molecule has 3 N–H and O–H groups in total. The van der Waals surface area contributed by atoms with Gasteiger partial charge in [-0.1, -0.05) is 46.9 Å². The lowest BCUT2D eigenvalue weighted by Gasteiger charge is -2.32. The molecule has 0 spiro atoms. The second-order valence-electron chi connectivity index (χ2n) is 6.07. The van der Waals surface area contributed by atoms with Gasteiger partial charge < -0.3 is 15.7 Å². The SMILES string of the molecule is CC(=O)NCc1ccc(NC[C@](O)(c2cc(Cl)c(Cl)c(Cl)c2)C(F)(F)F)cc1. The number of hydrogen-bond donors (Lipinski definition) is 3. The van der Waals surface area contributed by atoms with Crippen LogP contribution < -0.4 is 10.6 Å². The second-order valence-corrected chi connectivity index (χ2v) is 7.26. The van der Waals surface area contributed by atoms with E-state index in [1.54, 1.807) is 12.1 Å². The van der Waals surface area contributed by atoms with Crippen molar-refractivity contribution in [2.45, 2.75) is 25.2 Å². The Morgan fingerprint density at radius 2 is 1.61 bits per heavy atom. The summed E-state index contributed by atoms with van der Waals surface area (Å²) in [5.74, 6) is -0.197. The highest BCUT2D eigenvalue weighted by Gasteiger charge is 2.55. The molecule has 0 radical (unpaired) electrons. The lowest BCUT2D eigenvalue weighted by molar-refractivity contribution is -0.260. The van der Waals surface area contributed by atoms with Crippen molar-refractivity contribution in [1.82, 2.24) is 5.32 Å². The molecule has 0 bridgehead atoms. The van der Waals surface area contributed by atoms with E-state index in [1.807, 2.05) is 0 Å². The third kappa shape index (κ3) is 5.23. The van der Waals surface area contributed by atoms with E-state index in [0.29, 0.717) is 12.2 Å². The fourth-order valence-electron chi connectivity index (χ4n) is 2.36. The quantitative estimate of drug-likeness (QED) is 0.528. The van der Waals surface area contributed by atoms with Crippen molar-refractivity contribution in [3.63, 3.8) is 0 Å². The number of hydrogen-bond acceptors (Lipinski definition) is 3. The summed E-state index contributed by atoms with van der Waals surface area (Å²) in [6, 6.07) is 8.22. The van der Waals surface area contributed by atoms with E-state index in [0.717, 1.165) is 17.7 Å². The van der Waals surface area contributed by atoms with E-state index >= 15 is 0 Å². The first-order chi connectivity index (χ1) is 12.9. The summed E-state index contributed by atoms with van der Waals surface area (Å²) < 4.78 is 40.9. The zero-order valence-corrected chi connectivity index (χ0v) is 16.8. The Hall–Kier alpha value is -1.67. The Balaban J connectivity index is 2.23. The van der Waals surface area contributed by atoms with Crippen molar-refractivity contribution >= 4 is 46.4 Å². The molecule has 4 nitrogen and oxygen atoms in total. The number of rotatable bonds is 6. The zero-order valence-electron chi connectivity index (χ0n) is 14.5. The minimum Gasteiger partial charge on any atom is -0.381 e. The highest BCUT2D eigenvalue weighted by molar-refractivity contribution is 6.48. The maximum Gasteiger partial charge on any atom is 0.423 e. The number of amides is 1. The van der Waals surface area contributed by atoms with Crippen LogP contribution in [0.25, 0.3) is 0 Å². The van der Waals surface area contributed by atoms with Crippen molar-refractivity contribution in [3.8, 4) is 0 Å². The van der Waals surface area contributed by atoms with Crippen molar-refractivity contribution in [2.75, 3.05) is 11.9 Å². The number of halogens is 6. The molecule has 0 unspecified atom stereocenters. The molecule has 2 rings (SSSR count). The maximum atomic E-state index is 13.6. The first-order valence-corrected chi connectivity index (χ1v) is 9.09. The Bertz CT molecular complexity index is 837. The van der Waals surface area contributed by atoms with Gasteiger partial charge in [0, 0.05) is 19.2 Å². The van der Waals surface area contributed by atoms with Crippen LogP contribution in [-0.2, 0) is 16.9 Å². The predicted octanol–water partition coefficient (Wildman–Crippen LogP) is 5.14. The van der Waals surface area contributed by atoms with Crippen molar-refractivity contribution in [1.29, 1.82) is 0 Å². The molecule has 0 aliphatic heterocycles. The highest BCUT2D eigenvalue weighted by Crippen LogP contribution is 2.43. The topological polar surface area (TPSA) is 61.4 Å². The predicted molar refractivity (Wildman–Crippen MR) is 104 cm³/mol. The Kier molecular flexibility index (Phi) is 7.09. The van der Waals surface area contributed by atoms with Crippen molar-refractivity contribution in [3.05, 3.63) is 62.6 Å². The van der Waals surface area contributed by atoms with Crippen molar-refractivity contribution in [2.24, 2.45) is 0 Å². The van der Waals surface area contributed by atoms with Gasteiger partial charge in [-0.25, -0.2) is 0 Å². The van der Waals surface area contributed by atoms with Gasteiger partial charge in [0.15, 0.2) is 0 Å². The summed E-state index contributed by atoms with van der Waals surface area (Å²) in [5, 5.41) is 15.1. The molecule has 0 aliphatic carbocycles. The largest absolute Gasteiger partial charge is 0.423 e. The number of aliphatic hydroxyl groups is 1. The summed E-state index contributed by atoms with van der Waals surface area (Å²) in [5.41, 5.74) is -2.67. The van der Waals surface area contributed by atoms with E-state index in [9.17, 15) is 23.1 Å². The monoisotopic (exact) mass is 454 g/mol. The molecule has 10 heteroatoms. The van der Waals surface area contributed by atoms with E-state index in [1.165, 1.54) is 19.1 Å². The van der Waals surface area contributed by atoms with Gasteiger partial charge in [0.2, 0.25) is 11.5 Å². The van der Waals surface area contributed by atoms with Gasteiger partial charge in [0.05, 0.1) is 21.6 Å². The van der Waals surface area contributed by atoms with Gasteiger partial charge in [-0.15, -0.1) is 0 Å². The van der Waals surface area contributed by atoms with E-state index in [4.69, 9.17) is 34.8 Å². The van der Waals surface area contributed by atoms with Crippen LogP contribution in [0.1, 0.15) is 18.1 Å². The molecule has 2 aromatic rings. The third-order valence-corrected chi connectivity index (χ3v) is 5.17. The average Bonchev–Trinajstić information content (AvgIpc) is 2.61. The number of anilines is 1. The van der Waals surface area contributed by atoms with Crippen LogP contribution in [0.3, 0.4) is 0 Å². The van der Waals surface area contributed by atoms with Crippen LogP contribution in [0.15, 0.2) is 36.4 Å². The van der Waals surface area contributed by atoms with Gasteiger partial charge in [-0.3, -0.25) is 4.79 Å². The molecule has 2 aromatic carbocycles. The number of nitrogens with one attached hydrogen (secondary N) is 2. The maximum absolute atomic E-state index is 13.6. The van der Waals surface area contributed by atoms with Crippen LogP contribution in [-0.4, -0.2) is 23.7 Å². The number of alkyl halides is 3. The number of benzene rings is 2. The zero-order chi connectivity index (χ0) is 21.1. The number of carbonyl (C=O) groups is 1. The van der Waals surface area contributed by atoms with Crippen LogP contribution >= 0.6 is 34.8 Å². The number of carbonyl (C=O) groups excluding carboxylic acids is 1. The van der Waals surface area contributed by atoms with Gasteiger partial charge in [0.1, 0.15) is 0 Å². The van der Waals surface area contributed by atoms with Crippen LogP contribution in [0.4, 0.5) is 18.9 Å². The fraction of sp³-hybridized carbons (Fsp3) is 0.278. The van der Waals surface area contributed by atoms with E-state index in [-0.39, 0.29) is 21.0 Å². The summed E-state index contributed by atoms with van der Waals surface area (Å²) >= 11 is 17.4. The van der Waals surface area contributed by atoms with Gasteiger partial charge in [0.25, 0.3) is 0 Å². The Morgan fingerprint density at radius 3 is 2.07 bits per heavy atom. The van der Waals surface area contributed by atoms with Crippen LogP contribution in [0, 0.1) is 0 Å². The highest BCUT2D eigenvalue weighted by atomic mass is 35.5. The third-order valence-electron chi connectivity index (χ3n) is 3.97. The van der Waals surface area contributed by atoms with Crippen LogP contribution in [0.2, 0.25) is 15.1 Å². The van der Waals surface area contributed by atoms with E-state index < -0.39 is 23.9 Å². The molecule has 0 aliphatic rings. The molecule has 0 saturated heterocycles. The summed E-state index contributed by atoms with van der Waals surface area (Å²) in [7, 11) is 0. The summed E-state index contributed by atoms with van der Waals surface area (Å²) in [4.78, 5) is 10.9. The average molecular weight is 456 g/mol. The standard InChI is InChI=1S/C18H16Cl3F3N2O2/c1-10(27)25-8-11-2-4-13(5-3-11)26-9-17(28,18(22,23)24)12-6-14(19)16(21)15(20)7-12/h2-7,26,28H,8-9H2,1H3,(H,25,27)/t17-/m0/s1. The summed E-state index contributed by atoms with van der Waals surface area (Å²) in [6.07, 6.45) is -5.01. The molecule has 1 amide bonds. The Morgan fingerprint density at radius 1 is 1.07 bits per heavy atom.